The fourth-order valence-electron chi connectivity index (χ4n) is 9.66. The number of hydrogen-bond donors (Lipinski definition) is 1. The molecule has 0 atom stereocenters. The predicted octanol–water partition coefficient (Wildman–Crippen LogP) is 13.8. The molecule has 0 fully saturated rings. The fraction of sp³-hybridized carbons (Fsp3) is 0.356. The van der Waals surface area contributed by atoms with Gasteiger partial charge in [-0.3, -0.25) is 14.1 Å². The predicted molar refractivity (Wildman–Crippen MR) is 290 cm³/mol. The van der Waals surface area contributed by atoms with Gasteiger partial charge < -0.3 is 5.11 Å². The van der Waals surface area contributed by atoms with Crippen LogP contribution in [0.4, 0.5) is 0 Å². The third-order valence-electron chi connectivity index (χ3n) is 13.9. The number of phenols is 1. The van der Waals surface area contributed by atoms with Crippen molar-refractivity contribution in [2.24, 2.45) is 0 Å². The maximum atomic E-state index is 12.6. The van der Waals surface area contributed by atoms with Crippen LogP contribution < -0.4 is 10.4 Å². The number of pyridine rings is 1. The van der Waals surface area contributed by atoms with Gasteiger partial charge in [-0.25, -0.2) is 4.98 Å². The second-order valence-electron chi connectivity index (χ2n) is 24.8. The van der Waals surface area contributed by atoms with Crippen LogP contribution in [0.2, 0.25) is 39.3 Å². The summed E-state index contributed by atoms with van der Waals surface area (Å²) in [7, 11) is -3.64. The molecule has 0 saturated carbocycles. The number of nitrogens with zero attached hydrogens (tertiary/aromatic N) is 6. The molecule has 5 aromatic carbocycles. The third kappa shape index (κ3) is 8.86. The molecule has 0 saturated heterocycles. The van der Waals surface area contributed by atoms with Crippen LogP contribution in [-0.4, -0.2) is 50.6 Å². The van der Waals surface area contributed by atoms with E-state index < -0.39 is 16.1 Å². The Hall–Kier alpha value is -5.22. The standard InChI is InChI=1S/C59H69N6OSi2.Pt/c1-56(2,3)39-31-44(52(66)45(32-39)57(4,5)6)53-61-51-42(24-21-25-49(51)64(53)48-27-26-40(67(12,13)14)33-43(48)36-22-19-18-20-23-36)37-28-38(30-41(29-37)68(15,16)17)47-34-50-46(35-60-47)59(10,11)55-63-62-54(65(50)55)58(7,8)9;/h18-27,29-35,66H,1-17H3;/q-1;. The summed E-state index contributed by atoms with van der Waals surface area (Å²) in [6, 6.07) is 39.4. The molecule has 1 aliphatic heterocycles. The molecule has 8 aromatic rings. The normalized spacial score (nSPS) is 13.9. The van der Waals surface area contributed by atoms with E-state index in [9.17, 15) is 5.11 Å². The first-order chi connectivity index (χ1) is 31.5. The molecule has 0 amide bonds. The molecule has 7 nitrogen and oxygen atoms in total. The number of para-hydroxylation sites is 1. The van der Waals surface area contributed by atoms with E-state index in [4.69, 9.17) is 20.2 Å². The number of fused-ring (bicyclic) bond motifs is 4. The maximum Gasteiger partial charge on any atom is 0.148 e. The van der Waals surface area contributed by atoms with Gasteiger partial charge in [0.15, 0.2) is 0 Å². The summed E-state index contributed by atoms with van der Waals surface area (Å²) in [5.41, 5.74) is 12.7. The van der Waals surface area contributed by atoms with E-state index in [2.05, 4.69) is 228 Å². The molecule has 0 spiro atoms. The monoisotopic (exact) mass is 1130 g/mol. The molecular weight excluding hydrogens is 1060 g/mol. The van der Waals surface area contributed by atoms with Crippen LogP contribution in [-0.2, 0) is 42.7 Å². The fourth-order valence-corrected chi connectivity index (χ4v) is 12.0. The van der Waals surface area contributed by atoms with Crippen molar-refractivity contribution < 1.29 is 26.2 Å². The van der Waals surface area contributed by atoms with Crippen LogP contribution in [0, 0.1) is 6.07 Å². The molecule has 4 heterocycles. The van der Waals surface area contributed by atoms with E-state index >= 15 is 0 Å². The molecule has 3 aromatic heterocycles. The Morgan fingerprint density at radius 3 is 1.90 bits per heavy atom. The molecule has 69 heavy (non-hydrogen) atoms. The Morgan fingerprint density at radius 2 is 1.28 bits per heavy atom. The summed E-state index contributed by atoms with van der Waals surface area (Å²) in [5.74, 6) is 2.83. The topological polar surface area (TPSA) is 81.7 Å². The molecule has 0 aliphatic carbocycles. The molecular formula is C59H69N6OPtSi2-. The second kappa shape index (κ2) is 17.0. The van der Waals surface area contributed by atoms with Gasteiger partial charge in [-0.2, -0.15) is 0 Å². The number of imidazole rings is 1. The molecule has 0 unspecified atom stereocenters. The second-order valence-corrected chi connectivity index (χ2v) is 35.0. The van der Waals surface area contributed by atoms with Crippen molar-refractivity contribution in [3.63, 3.8) is 0 Å². The molecule has 0 radical (unpaired) electrons. The zero-order valence-corrected chi connectivity index (χ0v) is 48.0. The van der Waals surface area contributed by atoms with Gasteiger partial charge in [-0.15, -0.1) is 39.1 Å². The van der Waals surface area contributed by atoms with Crippen LogP contribution in [0.15, 0.2) is 103 Å². The van der Waals surface area contributed by atoms with Crippen molar-refractivity contribution in [3.05, 3.63) is 138 Å². The molecule has 360 valence electrons. The van der Waals surface area contributed by atoms with Gasteiger partial charge >= 0.3 is 0 Å². The van der Waals surface area contributed by atoms with Gasteiger partial charge in [0.1, 0.15) is 23.2 Å². The van der Waals surface area contributed by atoms with E-state index in [1.54, 1.807) is 0 Å². The van der Waals surface area contributed by atoms with Gasteiger partial charge in [-0.05, 0) is 60.1 Å². The van der Waals surface area contributed by atoms with E-state index in [0.717, 1.165) is 84.3 Å². The van der Waals surface area contributed by atoms with E-state index in [1.807, 2.05) is 6.20 Å². The van der Waals surface area contributed by atoms with Crippen LogP contribution in [0.3, 0.4) is 0 Å². The van der Waals surface area contributed by atoms with Crippen molar-refractivity contribution in [3.8, 4) is 62.0 Å². The zero-order valence-electron chi connectivity index (χ0n) is 43.8. The molecule has 0 bridgehead atoms. The average molecular weight is 1130 g/mol. The van der Waals surface area contributed by atoms with Gasteiger partial charge in [0.25, 0.3) is 0 Å². The Morgan fingerprint density at radius 1 is 0.609 bits per heavy atom. The molecule has 9 rings (SSSR count). The minimum atomic E-state index is -1.91. The average Bonchev–Trinajstić information content (AvgIpc) is 3.94. The molecule has 1 aliphatic rings. The minimum Gasteiger partial charge on any atom is -0.507 e. The van der Waals surface area contributed by atoms with Gasteiger partial charge in [-0.1, -0.05) is 179 Å². The number of aromatic nitrogens is 6. The van der Waals surface area contributed by atoms with Gasteiger partial charge in [0.05, 0.1) is 43.8 Å². The van der Waals surface area contributed by atoms with E-state index in [1.165, 1.54) is 10.4 Å². The summed E-state index contributed by atoms with van der Waals surface area (Å²) < 4.78 is 4.56. The summed E-state index contributed by atoms with van der Waals surface area (Å²) in [6.45, 7) is 38.6. The smallest absolute Gasteiger partial charge is 0.148 e. The van der Waals surface area contributed by atoms with Crippen LogP contribution in [0.1, 0.15) is 105 Å². The number of rotatable bonds is 7. The van der Waals surface area contributed by atoms with Gasteiger partial charge in [0, 0.05) is 60.7 Å². The number of aromatic hydroxyl groups is 1. The molecule has 1 N–H and O–H groups in total. The maximum absolute atomic E-state index is 12.6. The largest absolute Gasteiger partial charge is 0.507 e. The Kier molecular flexibility index (Phi) is 12.4. The third-order valence-corrected chi connectivity index (χ3v) is 18.0. The Labute approximate surface area is 427 Å². The Balaban J connectivity index is 0.00000642. The summed E-state index contributed by atoms with van der Waals surface area (Å²) in [5, 5.41) is 24.8. The number of benzene rings is 5. The van der Waals surface area contributed by atoms with Crippen molar-refractivity contribution in [2.75, 3.05) is 0 Å². The first kappa shape index (κ1) is 50.2. The van der Waals surface area contributed by atoms with Crippen molar-refractivity contribution in [2.45, 2.75) is 137 Å². The molecule has 10 heteroatoms. The summed E-state index contributed by atoms with van der Waals surface area (Å²) in [4.78, 5) is 10.9. The van der Waals surface area contributed by atoms with Gasteiger partial charge in [0.2, 0.25) is 0 Å². The first-order valence-corrected chi connectivity index (χ1v) is 31.2. The van der Waals surface area contributed by atoms with Crippen LogP contribution >= 0.6 is 0 Å². The van der Waals surface area contributed by atoms with Crippen molar-refractivity contribution in [1.82, 2.24) is 29.3 Å². The minimum absolute atomic E-state index is 0. The summed E-state index contributed by atoms with van der Waals surface area (Å²) in [6.07, 6.45) is 2.04. The van der Waals surface area contributed by atoms with Crippen LogP contribution in [0.5, 0.6) is 5.75 Å². The van der Waals surface area contributed by atoms with Crippen LogP contribution in [0.25, 0.3) is 67.3 Å². The van der Waals surface area contributed by atoms with Crippen molar-refractivity contribution in [1.29, 1.82) is 0 Å². The first-order valence-electron chi connectivity index (χ1n) is 24.2. The number of phenolic OH excluding ortho intramolecular Hbond substituents is 1. The SMILES string of the molecule is CC(C)(C)c1cc(-c2nc3c(-c4[c-]c(-c5cc6c(cn5)C(C)(C)c5nnc(C(C)(C)C)n5-6)cc([Si](C)(C)C)c4)cccc3n2-c2ccc([Si](C)(C)C)cc2-c2ccccc2)c(O)c(C(C)(C)C)c1.[Pt]. The Bertz CT molecular complexity index is 3290. The summed E-state index contributed by atoms with van der Waals surface area (Å²) >= 11 is 0. The zero-order chi connectivity index (χ0) is 49.3. The quantitative estimate of drug-likeness (QED) is 0.127. The van der Waals surface area contributed by atoms with Crippen molar-refractivity contribution >= 4 is 37.6 Å². The van der Waals surface area contributed by atoms with E-state index in [-0.39, 0.29) is 48.5 Å². The number of hydrogen-bond acceptors (Lipinski definition) is 5. The van der Waals surface area contributed by atoms with E-state index in [0.29, 0.717) is 11.4 Å².